The Hall–Kier alpha value is -0.150. The molecular weight excluding hydrogens is 157 g/mol. The van der Waals surface area contributed by atoms with Crippen molar-refractivity contribution in [2.45, 2.75) is 44.6 Å². The number of fused-ring (bicyclic) bond motifs is 3. The van der Waals surface area contributed by atoms with E-state index in [9.17, 15) is 4.39 Å². The molecule has 3 atom stereocenters. The van der Waals surface area contributed by atoms with Crippen molar-refractivity contribution in [2.24, 2.45) is 0 Å². The zero-order chi connectivity index (χ0) is 8.72. The molecule has 12 heavy (non-hydrogen) atoms. The molecule has 3 fully saturated rings. The monoisotopic (exact) mass is 173 g/mol. The van der Waals surface area contributed by atoms with Gasteiger partial charge < -0.3 is 4.74 Å². The molecule has 0 saturated carbocycles. The van der Waals surface area contributed by atoms with Crippen LogP contribution in [-0.2, 0) is 4.74 Å². The Balaban J connectivity index is 2.06. The van der Waals surface area contributed by atoms with Crippen LogP contribution >= 0.6 is 0 Å². The highest BCUT2D eigenvalue weighted by Crippen LogP contribution is 2.34. The maximum Gasteiger partial charge on any atom is 0.139 e. The molecule has 0 spiro atoms. The van der Waals surface area contributed by atoms with Gasteiger partial charge in [0.15, 0.2) is 0 Å². The maximum atomic E-state index is 13.3. The number of halogens is 1. The summed E-state index contributed by atoms with van der Waals surface area (Å²) in [6.45, 7) is 5.26. The third kappa shape index (κ3) is 1.15. The highest BCUT2D eigenvalue weighted by atomic mass is 19.1. The summed E-state index contributed by atoms with van der Waals surface area (Å²) in [7, 11) is 0. The minimum Gasteiger partial charge on any atom is -0.377 e. The molecule has 3 rings (SSSR count). The van der Waals surface area contributed by atoms with Crippen LogP contribution in [0.3, 0.4) is 0 Å². The topological polar surface area (TPSA) is 12.5 Å². The first-order chi connectivity index (χ1) is 5.70. The van der Waals surface area contributed by atoms with Crippen LogP contribution in [0.15, 0.2) is 0 Å². The summed E-state index contributed by atoms with van der Waals surface area (Å²) in [5.74, 6) is 0. The lowest BCUT2D eigenvalue weighted by Crippen LogP contribution is -2.62. The molecule has 0 amide bonds. The van der Waals surface area contributed by atoms with E-state index in [0.717, 1.165) is 13.0 Å². The molecular formula is C9H16FNO. The van der Waals surface area contributed by atoms with Crippen LogP contribution in [0.2, 0.25) is 0 Å². The highest BCUT2D eigenvalue weighted by molar-refractivity contribution is 5.00. The molecule has 2 bridgehead atoms. The van der Waals surface area contributed by atoms with Gasteiger partial charge in [-0.15, -0.1) is 0 Å². The lowest BCUT2D eigenvalue weighted by molar-refractivity contribution is -0.0380. The van der Waals surface area contributed by atoms with E-state index in [4.69, 9.17) is 4.74 Å². The predicted molar refractivity (Wildman–Crippen MR) is 44.9 cm³/mol. The van der Waals surface area contributed by atoms with Crippen LogP contribution in [0.5, 0.6) is 0 Å². The van der Waals surface area contributed by atoms with Crippen LogP contribution in [0.25, 0.3) is 0 Å². The largest absolute Gasteiger partial charge is 0.377 e. The zero-order valence-electron chi connectivity index (χ0n) is 7.66. The van der Waals surface area contributed by atoms with Crippen LogP contribution in [0.4, 0.5) is 4.39 Å². The van der Waals surface area contributed by atoms with Gasteiger partial charge in [-0.1, -0.05) is 0 Å². The second-order valence-electron chi connectivity index (χ2n) is 4.05. The summed E-state index contributed by atoms with van der Waals surface area (Å²) < 4.78 is 18.5. The summed E-state index contributed by atoms with van der Waals surface area (Å²) in [6.07, 6.45) is 0.213. The second kappa shape index (κ2) is 2.96. The molecule has 0 N–H and O–H groups in total. The van der Waals surface area contributed by atoms with Crippen molar-refractivity contribution in [3.05, 3.63) is 0 Å². The van der Waals surface area contributed by atoms with Gasteiger partial charge in [-0.3, -0.25) is 4.90 Å². The third-order valence-corrected chi connectivity index (χ3v) is 2.92. The van der Waals surface area contributed by atoms with E-state index in [-0.39, 0.29) is 6.04 Å². The number of hydrogen-bond donors (Lipinski definition) is 0. The zero-order valence-corrected chi connectivity index (χ0v) is 7.66. The minimum atomic E-state index is -0.772. The van der Waals surface area contributed by atoms with E-state index in [2.05, 4.69) is 18.7 Å². The molecule has 3 aliphatic rings. The summed E-state index contributed by atoms with van der Waals surface area (Å²) in [4.78, 5) is 2.25. The van der Waals surface area contributed by atoms with Gasteiger partial charge in [-0.05, 0) is 20.3 Å². The van der Waals surface area contributed by atoms with Gasteiger partial charge >= 0.3 is 0 Å². The van der Waals surface area contributed by atoms with Crippen LogP contribution in [-0.4, -0.2) is 42.4 Å². The number of rotatable bonds is 1. The molecule has 3 heterocycles. The summed E-state index contributed by atoms with van der Waals surface area (Å²) >= 11 is 0. The number of alkyl halides is 1. The van der Waals surface area contributed by atoms with E-state index in [1.807, 2.05) is 0 Å². The van der Waals surface area contributed by atoms with Gasteiger partial charge in [0.2, 0.25) is 0 Å². The summed E-state index contributed by atoms with van der Waals surface area (Å²) in [6, 6.07) is 1.07. The van der Waals surface area contributed by atoms with Gasteiger partial charge in [-0.2, -0.15) is 0 Å². The highest BCUT2D eigenvalue weighted by Gasteiger charge is 2.46. The molecule has 0 unspecified atom stereocenters. The lowest BCUT2D eigenvalue weighted by Gasteiger charge is -2.49. The van der Waals surface area contributed by atoms with Crippen molar-refractivity contribution in [2.75, 3.05) is 13.2 Å². The first kappa shape index (κ1) is 8.45. The Labute approximate surface area is 72.7 Å². The van der Waals surface area contributed by atoms with Gasteiger partial charge in [0.05, 0.1) is 13.2 Å². The van der Waals surface area contributed by atoms with E-state index in [1.165, 1.54) is 0 Å². The lowest BCUT2D eigenvalue weighted by atomic mass is 9.89. The van der Waals surface area contributed by atoms with E-state index < -0.39 is 6.17 Å². The maximum absolute atomic E-state index is 13.3. The van der Waals surface area contributed by atoms with Crippen molar-refractivity contribution >= 4 is 0 Å². The first-order valence-electron chi connectivity index (χ1n) is 4.69. The van der Waals surface area contributed by atoms with Crippen LogP contribution in [0.1, 0.15) is 20.3 Å². The van der Waals surface area contributed by atoms with Gasteiger partial charge in [-0.25, -0.2) is 4.39 Å². The average molecular weight is 173 g/mol. The Kier molecular flexibility index (Phi) is 2.09. The molecule has 0 aromatic heterocycles. The standard InChI is InChI=1S/C9H16FNO/c1-6(2)11-7-3-9(11)8(10)5-12-4-7/h6-9H,3-5H2,1-2H3/t7-,8+,9+/m0/s1. The smallest absolute Gasteiger partial charge is 0.139 e. The fourth-order valence-electron chi connectivity index (χ4n) is 2.38. The fourth-order valence-corrected chi connectivity index (χ4v) is 2.38. The normalized spacial score (nSPS) is 42.5. The number of ether oxygens (including phenoxy) is 1. The molecule has 2 nitrogen and oxygen atoms in total. The van der Waals surface area contributed by atoms with E-state index >= 15 is 0 Å². The van der Waals surface area contributed by atoms with Gasteiger partial charge in [0.1, 0.15) is 6.17 Å². The van der Waals surface area contributed by atoms with E-state index in [1.54, 1.807) is 0 Å². The molecule has 3 heteroatoms. The molecule has 0 aromatic carbocycles. The van der Waals surface area contributed by atoms with Crippen LogP contribution in [0, 0.1) is 0 Å². The molecule has 70 valence electrons. The fraction of sp³-hybridized carbons (Fsp3) is 1.00. The summed E-state index contributed by atoms with van der Waals surface area (Å²) in [5.41, 5.74) is 0. The Bertz CT molecular complexity index is 174. The van der Waals surface area contributed by atoms with Crippen molar-refractivity contribution in [3.63, 3.8) is 0 Å². The van der Waals surface area contributed by atoms with Crippen molar-refractivity contribution in [3.8, 4) is 0 Å². The average Bonchev–Trinajstić information content (AvgIpc) is 2.15. The van der Waals surface area contributed by atoms with Gasteiger partial charge in [0, 0.05) is 18.1 Å². The second-order valence-corrected chi connectivity index (χ2v) is 4.05. The Morgan fingerprint density at radius 3 is 2.83 bits per heavy atom. The number of hydrogen-bond acceptors (Lipinski definition) is 2. The predicted octanol–water partition coefficient (Wildman–Crippen LogP) is 1.21. The quantitative estimate of drug-likeness (QED) is 0.591. The SMILES string of the molecule is CC(C)N1[C@@H]2COC[C@@H](F)[C@H]1C2. The Morgan fingerprint density at radius 1 is 1.42 bits per heavy atom. The van der Waals surface area contributed by atoms with Crippen LogP contribution < -0.4 is 0 Å². The van der Waals surface area contributed by atoms with Gasteiger partial charge in [0.25, 0.3) is 0 Å². The minimum absolute atomic E-state index is 0.137. The molecule has 3 aliphatic heterocycles. The van der Waals surface area contributed by atoms with Crippen molar-refractivity contribution in [1.29, 1.82) is 0 Å². The van der Waals surface area contributed by atoms with Crippen molar-refractivity contribution < 1.29 is 9.13 Å². The molecule has 3 saturated heterocycles. The Morgan fingerprint density at radius 2 is 2.17 bits per heavy atom. The van der Waals surface area contributed by atoms with E-state index in [0.29, 0.717) is 18.7 Å². The summed E-state index contributed by atoms with van der Waals surface area (Å²) in [5, 5.41) is 0. The molecule has 0 aromatic rings. The first-order valence-corrected chi connectivity index (χ1v) is 4.69. The molecule has 0 radical (unpaired) electrons. The van der Waals surface area contributed by atoms with Crippen molar-refractivity contribution in [1.82, 2.24) is 4.90 Å². The number of nitrogens with zero attached hydrogens (tertiary/aromatic N) is 1. The third-order valence-electron chi connectivity index (χ3n) is 2.92. The molecule has 0 aliphatic carbocycles.